The summed E-state index contributed by atoms with van der Waals surface area (Å²) in [4.78, 5) is 12.0. The number of carbonyl (C=O) groups is 1. The highest BCUT2D eigenvalue weighted by molar-refractivity contribution is 7.08. The minimum atomic E-state index is -3.32. The van der Waals surface area contributed by atoms with Crippen LogP contribution in [0.2, 0.25) is 0 Å². The second-order valence-electron chi connectivity index (χ2n) is 4.90. The lowest BCUT2D eigenvalue weighted by Gasteiger charge is -2.17. The Morgan fingerprint density at radius 3 is 2.56 bits per heavy atom. The fourth-order valence-corrected chi connectivity index (χ4v) is 1.97. The minimum absolute atomic E-state index is 0.219. The molecule has 0 unspecified atom stereocenters. The van der Waals surface area contributed by atoms with Gasteiger partial charge in [-0.3, -0.25) is 4.79 Å². The summed E-state index contributed by atoms with van der Waals surface area (Å²) in [6.45, 7) is 3.33. The van der Waals surface area contributed by atoms with E-state index in [1.54, 1.807) is 0 Å². The van der Waals surface area contributed by atoms with Crippen molar-refractivity contribution < 1.29 is 18.7 Å². The summed E-state index contributed by atoms with van der Waals surface area (Å²) in [5.41, 5.74) is 0.0800. The number of nitrogens with one attached hydrogen (secondary N) is 1. The van der Waals surface area contributed by atoms with Crippen LogP contribution in [0, 0.1) is 0 Å². The number of alkyl halides is 2. The van der Waals surface area contributed by atoms with Crippen LogP contribution in [0.25, 0.3) is 0 Å². The van der Waals surface area contributed by atoms with Gasteiger partial charge in [0.25, 0.3) is 11.8 Å². The molecular weight excluding hydrogens is 264 g/mol. The predicted molar refractivity (Wildman–Crippen MR) is 63.0 cm³/mol. The molecule has 1 aromatic heterocycles. The highest BCUT2D eigenvalue weighted by Gasteiger charge is 2.31. The molecule has 18 heavy (non-hydrogen) atoms. The first kappa shape index (κ1) is 14.9. The van der Waals surface area contributed by atoms with Gasteiger partial charge >= 0.3 is 0 Å². The number of halogens is 2. The summed E-state index contributed by atoms with van der Waals surface area (Å²) in [5, 5.41) is 14.3. The van der Waals surface area contributed by atoms with Crippen LogP contribution in [0.4, 0.5) is 8.78 Å². The van der Waals surface area contributed by atoms with E-state index in [1.165, 1.54) is 0 Å². The Kier molecular flexibility index (Phi) is 4.33. The third-order valence-electron chi connectivity index (χ3n) is 2.14. The average molecular weight is 279 g/mol. The van der Waals surface area contributed by atoms with Crippen molar-refractivity contribution in [3.63, 3.8) is 0 Å². The molecule has 1 aromatic rings. The summed E-state index contributed by atoms with van der Waals surface area (Å²) in [7, 11) is 0. The number of rotatable bonds is 4. The largest absolute Gasteiger partial charge is 0.390 e. The fraction of sp³-hybridized carbons (Fsp3) is 0.700. The minimum Gasteiger partial charge on any atom is -0.390 e. The van der Waals surface area contributed by atoms with E-state index in [2.05, 4.69) is 14.9 Å². The van der Waals surface area contributed by atoms with Gasteiger partial charge in [0.05, 0.1) is 12.2 Å². The lowest BCUT2D eigenvalue weighted by molar-refractivity contribution is -0.0461. The Morgan fingerprint density at radius 2 is 2.06 bits per heavy atom. The standard InChI is InChI=1S/C10H15F2N3O2S/c1-9(2,3)7-6(18-15-14-7)8(17)13-4-10(11,12)5-16/h16H,4-5H2,1-3H3,(H,13,17). The van der Waals surface area contributed by atoms with E-state index in [0.717, 1.165) is 11.5 Å². The number of nitrogens with zero attached hydrogens (tertiary/aromatic N) is 2. The molecule has 0 fully saturated rings. The first-order valence-corrected chi connectivity index (χ1v) is 6.04. The van der Waals surface area contributed by atoms with E-state index in [9.17, 15) is 13.6 Å². The van der Waals surface area contributed by atoms with E-state index < -0.39 is 25.0 Å². The SMILES string of the molecule is CC(C)(C)c1nnsc1C(=O)NCC(F)(F)CO. The van der Waals surface area contributed by atoms with Crippen molar-refractivity contribution in [3.05, 3.63) is 10.6 Å². The molecular formula is C10H15F2N3O2S. The summed E-state index contributed by atoms with van der Waals surface area (Å²) >= 11 is 0.862. The molecule has 0 aliphatic heterocycles. The smallest absolute Gasteiger partial charge is 0.287 e. The van der Waals surface area contributed by atoms with Crippen LogP contribution >= 0.6 is 11.5 Å². The molecule has 1 heterocycles. The third kappa shape index (κ3) is 3.67. The number of aromatic nitrogens is 2. The Bertz CT molecular complexity index is 429. The van der Waals surface area contributed by atoms with Gasteiger partial charge in [0.15, 0.2) is 0 Å². The van der Waals surface area contributed by atoms with Gasteiger partial charge in [-0.05, 0) is 11.5 Å². The van der Waals surface area contributed by atoms with Gasteiger partial charge in [-0.2, -0.15) is 0 Å². The van der Waals surface area contributed by atoms with Gasteiger partial charge in [0.1, 0.15) is 11.5 Å². The molecule has 0 bridgehead atoms. The van der Waals surface area contributed by atoms with Crippen molar-refractivity contribution in [2.45, 2.75) is 32.1 Å². The number of carbonyl (C=O) groups excluding carboxylic acids is 1. The predicted octanol–water partition coefficient (Wildman–Crippen LogP) is 1.19. The first-order valence-electron chi connectivity index (χ1n) is 5.27. The molecule has 0 spiro atoms. The molecule has 0 atom stereocenters. The lowest BCUT2D eigenvalue weighted by Crippen LogP contribution is -2.39. The van der Waals surface area contributed by atoms with Crippen LogP contribution in [-0.2, 0) is 5.41 Å². The molecule has 0 aromatic carbocycles. The zero-order chi connectivity index (χ0) is 14.0. The zero-order valence-corrected chi connectivity index (χ0v) is 11.1. The molecule has 5 nitrogen and oxygen atoms in total. The monoisotopic (exact) mass is 279 g/mol. The van der Waals surface area contributed by atoms with Crippen LogP contribution in [0.15, 0.2) is 0 Å². The Hall–Kier alpha value is -1.15. The molecule has 0 saturated heterocycles. The van der Waals surface area contributed by atoms with Crippen LogP contribution in [0.3, 0.4) is 0 Å². The van der Waals surface area contributed by atoms with Crippen LogP contribution in [0.5, 0.6) is 0 Å². The number of hydrogen-bond acceptors (Lipinski definition) is 5. The summed E-state index contributed by atoms with van der Waals surface area (Å²) < 4.78 is 29.3. The molecule has 1 amide bonds. The maximum atomic E-state index is 12.8. The van der Waals surface area contributed by atoms with Gasteiger partial charge in [0.2, 0.25) is 0 Å². The maximum Gasteiger partial charge on any atom is 0.287 e. The Morgan fingerprint density at radius 1 is 1.44 bits per heavy atom. The number of hydrogen-bond donors (Lipinski definition) is 2. The highest BCUT2D eigenvalue weighted by Crippen LogP contribution is 2.25. The second-order valence-corrected chi connectivity index (χ2v) is 5.65. The molecule has 0 aliphatic carbocycles. The summed E-state index contributed by atoms with van der Waals surface area (Å²) in [6, 6.07) is 0. The van der Waals surface area contributed by atoms with Gasteiger partial charge in [0, 0.05) is 5.41 Å². The van der Waals surface area contributed by atoms with E-state index >= 15 is 0 Å². The molecule has 1 rings (SSSR count). The highest BCUT2D eigenvalue weighted by atomic mass is 32.1. The van der Waals surface area contributed by atoms with Crippen molar-refractivity contribution in [2.75, 3.05) is 13.2 Å². The zero-order valence-electron chi connectivity index (χ0n) is 10.3. The lowest BCUT2D eigenvalue weighted by atomic mass is 9.91. The molecule has 0 radical (unpaired) electrons. The molecule has 2 N–H and O–H groups in total. The Balaban J connectivity index is 2.78. The second kappa shape index (κ2) is 5.23. The van der Waals surface area contributed by atoms with E-state index in [-0.39, 0.29) is 10.3 Å². The van der Waals surface area contributed by atoms with Crippen molar-refractivity contribution >= 4 is 17.4 Å². The molecule has 0 saturated carbocycles. The third-order valence-corrected chi connectivity index (χ3v) is 2.87. The first-order chi connectivity index (χ1) is 8.17. The van der Waals surface area contributed by atoms with Crippen molar-refractivity contribution in [1.29, 1.82) is 0 Å². The van der Waals surface area contributed by atoms with Crippen LogP contribution in [-0.4, -0.2) is 39.7 Å². The van der Waals surface area contributed by atoms with Gasteiger partial charge < -0.3 is 10.4 Å². The quantitative estimate of drug-likeness (QED) is 0.868. The van der Waals surface area contributed by atoms with Crippen molar-refractivity contribution in [2.24, 2.45) is 0 Å². The van der Waals surface area contributed by atoms with Crippen molar-refractivity contribution in [3.8, 4) is 0 Å². The van der Waals surface area contributed by atoms with Crippen LogP contribution in [0.1, 0.15) is 36.1 Å². The molecule has 102 valence electrons. The number of aliphatic hydroxyl groups excluding tert-OH is 1. The topological polar surface area (TPSA) is 75.1 Å². The van der Waals surface area contributed by atoms with Gasteiger partial charge in [-0.1, -0.05) is 25.3 Å². The average Bonchev–Trinajstić information content (AvgIpc) is 2.74. The number of aliphatic hydroxyl groups is 1. The fourth-order valence-electron chi connectivity index (χ4n) is 1.18. The van der Waals surface area contributed by atoms with E-state index in [0.29, 0.717) is 5.69 Å². The maximum absolute atomic E-state index is 12.8. The Labute approximate surface area is 107 Å². The molecule has 8 heteroatoms. The van der Waals surface area contributed by atoms with Crippen LogP contribution < -0.4 is 5.32 Å². The normalized spacial score (nSPS) is 12.6. The van der Waals surface area contributed by atoms with Gasteiger partial charge in [-0.25, -0.2) is 8.78 Å². The number of amides is 1. The molecule has 0 aliphatic rings. The summed E-state index contributed by atoms with van der Waals surface area (Å²) in [6.07, 6.45) is 0. The van der Waals surface area contributed by atoms with E-state index in [4.69, 9.17) is 5.11 Å². The van der Waals surface area contributed by atoms with E-state index in [1.807, 2.05) is 20.8 Å². The van der Waals surface area contributed by atoms with Gasteiger partial charge in [-0.15, -0.1) is 5.10 Å². The summed E-state index contributed by atoms with van der Waals surface area (Å²) in [5.74, 6) is -3.97. The van der Waals surface area contributed by atoms with Crippen molar-refractivity contribution in [1.82, 2.24) is 14.9 Å².